The van der Waals surface area contributed by atoms with Crippen molar-refractivity contribution >= 4 is 0 Å². The average Bonchev–Trinajstić information content (AvgIpc) is 2.39. The van der Waals surface area contributed by atoms with Gasteiger partial charge in [0.1, 0.15) is 6.10 Å². The Morgan fingerprint density at radius 3 is 2.53 bits per heavy atom. The number of hydrogen-bond acceptors (Lipinski definition) is 3. The Bertz CT molecular complexity index is 354. The van der Waals surface area contributed by atoms with Crippen LogP contribution >= 0.6 is 0 Å². The third kappa shape index (κ3) is 1.99. The number of likely N-dealkylation sites (N-methyl/N-ethyl adjacent to an activating group) is 1. The maximum absolute atomic E-state index is 5.88. The summed E-state index contributed by atoms with van der Waals surface area (Å²) in [6, 6.07) is 10.3. The Morgan fingerprint density at radius 1 is 1.24 bits per heavy atom. The smallest absolute Gasteiger partial charge is 0.173 e. The Labute approximate surface area is 103 Å². The van der Waals surface area contributed by atoms with Gasteiger partial charge in [0.05, 0.1) is 0 Å². The van der Waals surface area contributed by atoms with Gasteiger partial charge in [0, 0.05) is 26.3 Å². The van der Waals surface area contributed by atoms with Crippen molar-refractivity contribution in [1.82, 2.24) is 4.90 Å². The predicted octanol–water partition coefficient (Wildman–Crippen LogP) is 2.23. The lowest BCUT2D eigenvalue weighted by molar-refractivity contribution is -0.225. The zero-order valence-corrected chi connectivity index (χ0v) is 10.8. The maximum atomic E-state index is 5.88. The van der Waals surface area contributed by atoms with Crippen molar-refractivity contribution in [1.29, 1.82) is 0 Å². The molecule has 0 spiro atoms. The first kappa shape index (κ1) is 12.6. The largest absolute Gasteiger partial charge is 0.377 e. The molecule has 1 aliphatic rings. The Morgan fingerprint density at radius 2 is 1.94 bits per heavy atom. The third-order valence-electron chi connectivity index (χ3n) is 3.75. The van der Waals surface area contributed by atoms with Crippen molar-refractivity contribution in [3.05, 3.63) is 35.9 Å². The van der Waals surface area contributed by atoms with Gasteiger partial charge in [-0.15, -0.1) is 0 Å². The molecule has 1 aliphatic heterocycles. The molecular formula is C14H21NO2. The van der Waals surface area contributed by atoms with Crippen LogP contribution in [-0.4, -0.2) is 38.8 Å². The molecular weight excluding hydrogens is 214 g/mol. The van der Waals surface area contributed by atoms with E-state index < -0.39 is 5.72 Å². The van der Waals surface area contributed by atoms with E-state index in [1.807, 2.05) is 18.2 Å². The minimum Gasteiger partial charge on any atom is -0.377 e. The van der Waals surface area contributed by atoms with Gasteiger partial charge in [-0.05, 0) is 19.9 Å². The first-order valence-electron chi connectivity index (χ1n) is 6.10. The van der Waals surface area contributed by atoms with E-state index in [1.165, 1.54) is 0 Å². The van der Waals surface area contributed by atoms with E-state index in [4.69, 9.17) is 9.47 Å². The van der Waals surface area contributed by atoms with Gasteiger partial charge in [-0.1, -0.05) is 30.3 Å². The molecule has 3 heteroatoms. The van der Waals surface area contributed by atoms with E-state index >= 15 is 0 Å². The van der Waals surface area contributed by atoms with Gasteiger partial charge in [-0.25, -0.2) is 0 Å². The molecule has 0 radical (unpaired) electrons. The zero-order valence-electron chi connectivity index (χ0n) is 10.8. The van der Waals surface area contributed by atoms with Crippen LogP contribution in [0.2, 0.25) is 0 Å². The van der Waals surface area contributed by atoms with E-state index in [9.17, 15) is 0 Å². The Kier molecular flexibility index (Phi) is 3.82. The monoisotopic (exact) mass is 235 g/mol. The zero-order chi connectivity index (χ0) is 12.3. The van der Waals surface area contributed by atoms with Gasteiger partial charge in [0.15, 0.2) is 5.72 Å². The maximum Gasteiger partial charge on any atom is 0.173 e. The molecule has 0 aliphatic carbocycles. The highest BCUT2D eigenvalue weighted by atomic mass is 16.6. The molecule has 17 heavy (non-hydrogen) atoms. The SMILES string of the molecule is COC1CCCN(C)C1(OC)c1ccccc1. The van der Waals surface area contributed by atoms with Crippen molar-refractivity contribution in [3.8, 4) is 0 Å². The molecule has 1 heterocycles. The number of piperidine rings is 1. The van der Waals surface area contributed by atoms with E-state index in [1.54, 1.807) is 14.2 Å². The van der Waals surface area contributed by atoms with Crippen molar-refractivity contribution in [2.24, 2.45) is 0 Å². The first-order valence-corrected chi connectivity index (χ1v) is 6.10. The second kappa shape index (κ2) is 5.17. The quantitative estimate of drug-likeness (QED) is 0.802. The fourth-order valence-corrected chi connectivity index (χ4v) is 2.89. The van der Waals surface area contributed by atoms with E-state index in [0.29, 0.717) is 0 Å². The molecule has 2 atom stereocenters. The molecule has 0 bridgehead atoms. The van der Waals surface area contributed by atoms with Crippen LogP contribution < -0.4 is 0 Å². The molecule has 0 saturated carbocycles. The summed E-state index contributed by atoms with van der Waals surface area (Å²) in [6.07, 6.45) is 2.25. The summed E-state index contributed by atoms with van der Waals surface area (Å²) >= 11 is 0. The molecule has 3 nitrogen and oxygen atoms in total. The highest BCUT2D eigenvalue weighted by Gasteiger charge is 2.46. The van der Waals surface area contributed by atoms with E-state index in [-0.39, 0.29) is 6.10 Å². The van der Waals surface area contributed by atoms with Crippen molar-refractivity contribution < 1.29 is 9.47 Å². The van der Waals surface area contributed by atoms with Crippen LogP contribution in [-0.2, 0) is 15.2 Å². The summed E-state index contributed by atoms with van der Waals surface area (Å²) in [5.74, 6) is 0. The number of benzene rings is 1. The molecule has 1 fully saturated rings. The second-order valence-corrected chi connectivity index (χ2v) is 4.55. The fraction of sp³-hybridized carbons (Fsp3) is 0.571. The summed E-state index contributed by atoms with van der Waals surface area (Å²) in [4.78, 5) is 2.25. The fourth-order valence-electron chi connectivity index (χ4n) is 2.89. The van der Waals surface area contributed by atoms with Crippen LogP contribution in [0.15, 0.2) is 30.3 Å². The van der Waals surface area contributed by atoms with E-state index in [2.05, 4.69) is 24.1 Å². The summed E-state index contributed by atoms with van der Waals surface area (Å²) in [7, 11) is 5.63. The lowest BCUT2D eigenvalue weighted by Gasteiger charge is -2.48. The Hall–Kier alpha value is -0.900. The number of methoxy groups -OCH3 is 2. The molecule has 2 unspecified atom stereocenters. The van der Waals surface area contributed by atoms with Crippen molar-refractivity contribution in [2.75, 3.05) is 27.8 Å². The molecule has 1 aromatic carbocycles. The first-order chi connectivity index (χ1) is 8.25. The molecule has 0 N–H and O–H groups in total. The minimum atomic E-state index is -0.450. The summed E-state index contributed by atoms with van der Waals surface area (Å²) in [5, 5.41) is 0. The standard InChI is InChI=1S/C14H21NO2/c1-15-11-7-10-13(16-2)14(15,17-3)12-8-5-4-6-9-12/h4-6,8-9,13H,7,10-11H2,1-3H3. The van der Waals surface area contributed by atoms with Gasteiger partial charge in [-0.2, -0.15) is 0 Å². The third-order valence-corrected chi connectivity index (χ3v) is 3.75. The summed E-state index contributed by atoms with van der Waals surface area (Å²) in [6.45, 7) is 1.03. The number of rotatable bonds is 3. The van der Waals surface area contributed by atoms with Crippen LogP contribution in [0.1, 0.15) is 18.4 Å². The molecule has 0 amide bonds. The van der Waals surface area contributed by atoms with Crippen LogP contribution in [0.25, 0.3) is 0 Å². The highest BCUT2D eigenvalue weighted by Crippen LogP contribution is 2.38. The lowest BCUT2D eigenvalue weighted by atomic mass is 9.88. The number of nitrogens with zero attached hydrogens (tertiary/aromatic N) is 1. The molecule has 1 aromatic rings. The topological polar surface area (TPSA) is 21.7 Å². The van der Waals surface area contributed by atoms with Crippen LogP contribution in [0.5, 0.6) is 0 Å². The predicted molar refractivity (Wildman–Crippen MR) is 67.8 cm³/mol. The number of ether oxygens (including phenoxy) is 2. The van der Waals surface area contributed by atoms with Gasteiger partial charge < -0.3 is 9.47 Å². The lowest BCUT2D eigenvalue weighted by Crippen LogP contribution is -2.57. The number of likely N-dealkylation sites (tertiary alicyclic amines) is 1. The van der Waals surface area contributed by atoms with Crippen LogP contribution in [0.3, 0.4) is 0 Å². The molecule has 2 rings (SSSR count). The average molecular weight is 235 g/mol. The minimum absolute atomic E-state index is 0.0775. The van der Waals surface area contributed by atoms with Gasteiger partial charge in [0.2, 0.25) is 0 Å². The van der Waals surface area contributed by atoms with E-state index in [0.717, 1.165) is 24.9 Å². The normalized spacial score (nSPS) is 30.4. The van der Waals surface area contributed by atoms with Crippen molar-refractivity contribution in [2.45, 2.75) is 24.7 Å². The van der Waals surface area contributed by atoms with Crippen LogP contribution in [0.4, 0.5) is 0 Å². The highest BCUT2D eigenvalue weighted by molar-refractivity contribution is 5.24. The van der Waals surface area contributed by atoms with Gasteiger partial charge in [-0.3, -0.25) is 4.90 Å². The van der Waals surface area contributed by atoms with Gasteiger partial charge >= 0.3 is 0 Å². The number of hydrogen-bond donors (Lipinski definition) is 0. The van der Waals surface area contributed by atoms with Gasteiger partial charge in [0.25, 0.3) is 0 Å². The molecule has 0 aromatic heterocycles. The molecule has 94 valence electrons. The Balaban J connectivity index is 2.45. The second-order valence-electron chi connectivity index (χ2n) is 4.55. The summed E-state index contributed by atoms with van der Waals surface area (Å²) in [5.41, 5.74) is 0.713. The van der Waals surface area contributed by atoms with Crippen molar-refractivity contribution in [3.63, 3.8) is 0 Å². The van der Waals surface area contributed by atoms with Crippen LogP contribution in [0, 0.1) is 0 Å². The molecule has 1 saturated heterocycles. The summed E-state index contributed by atoms with van der Waals surface area (Å²) < 4.78 is 11.5.